The standard InChI is InChI=1S/C10H15N3O/c1-4-5-7(2)12-10(14)9-6-11-13-8(9)3/h4,6-7H,1,5H2,2-3H3,(H,11,13)(H,12,14). The van der Waals surface area contributed by atoms with E-state index in [-0.39, 0.29) is 11.9 Å². The van der Waals surface area contributed by atoms with Crippen LogP contribution in [0.5, 0.6) is 0 Å². The normalized spacial score (nSPS) is 12.1. The van der Waals surface area contributed by atoms with Gasteiger partial charge in [-0.3, -0.25) is 9.89 Å². The lowest BCUT2D eigenvalue weighted by atomic mass is 10.2. The smallest absolute Gasteiger partial charge is 0.254 e. The van der Waals surface area contributed by atoms with E-state index in [1.807, 2.05) is 13.8 Å². The predicted molar refractivity (Wildman–Crippen MR) is 55.1 cm³/mol. The lowest BCUT2D eigenvalue weighted by Crippen LogP contribution is -2.32. The van der Waals surface area contributed by atoms with E-state index in [1.165, 1.54) is 6.20 Å². The average molecular weight is 193 g/mol. The maximum absolute atomic E-state index is 11.6. The number of nitrogens with one attached hydrogen (secondary N) is 2. The van der Waals surface area contributed by atoms with E-state index in [9.17, 15) is 4.79 Å². The van der Waals surface area contributed by atoms with Crippen molar-refractivity contribution in [1.29, 1.82) is 0 Å². The molecule has 0 aromatic carbocycles. The molecular weight excluding hydrogens is 178 g/mol. The molecule has 0 bridgehead atoms. The molecule has 0 saturated carbocycles. The van der Waals surface area contributed by atoms with Gasteiger partial charge in [-0.1, -0.05) is 6.08 Å². The molecule has 4 heteroatoms. The average Bonchev–Trinajstić information content (AvgIpc) is 2.51. The second kappa shape index (κ2) is 4.60. The van der Waals surface area contributed by atoms with Crippen molar-refractivity contribution in [1.82, 2.24) is 15.5 Å². The van der Waals surface area contributed by atoms with Gasteiger partial charge in [-0.05, 0) is 20.3 Å². The highest BCUT2D eigenvalue weighted by Gasteiger charge is 2.12. The van der Waals surface area contributed by atoms with Gasteiger partial charge in [-0.2, -0.15) is 5.10 Å². The first-order valence-electron chi connectivity index (χ1n) is 4.57. The summed E-state index contributed by atoms with van der Waals surface area (Å²) in [5.41, 5.74) is 1.38. The zero-order valence-corrected chi connectivity index (χ0v) is 8.50. The number of hydrogen-bond donors (Lipinski definition) is 2. The Morgan fingerprint density at radius 1 is 1.86 bits per heavy atom. The van der Waals surface area contributed by atoms with E-state index in [4.69, 9.17) is 0 Å². The van der Waals surface area contributed by atoms with Crippen LogP contribution in [0.1, 0.15) is 29.4 Å². The number of amides is 1. The Morgan fingerprint density at radius 3 is 3.07 bits per heavy atom. The molecule has 1 heterocycles. The van der Waals surface area contributed by atoms with Crippen LogP contribution in [-0.4, -0.2) is 22.1 Å². The molecule has 1 rings (SSSR count). The molecule has 1 aromatic heterocycles. The fourth-order valence-corrected chi connectivity index (χ4v) is 1.19. The lowest BCUT2D eigenvalue weighted by Gasteiger charge is -2.10. The molecule has 1 amide bonds. The van der Waals surface area contributed by atoms with E-state index in [0.717, 1.165) is 12.1 Å². The van der Waals surface area contributed by atoms with Gasteiger partial charge in [0.1, 0.15) is 0 Å². The molecule has 0 aliphatic carbocycles. The number of hydrogen-bond acceptors (Lipinski definition) is 2. The third kappa shape index (κ3) is 2.45. The maximum Gasteiger partial charge on any atom is 0.254 e. The van der Waals surface area contributed by atoms with Crippen LogP contribution in [0.4, 0.5) is 0 Å². The number of aromatic amines is 1. The number of rotatable bonds is 4. The lowest BCUT2D eigenvalue weighted by molar-refractivity contribution is 0.0940. The van der Waals surface area contributed by atoms with Gasteiger partial charge in [0.05, 0.1) is 11.8 Å². The molecule has 0 spiro atoms. The molecule has 4 nitrogen and oxygen atoms in total. The molecule has 0 fully saturated rings. The maximum atomic E-state index is 11.6. The highest BCUT2D eigenvalue weighted by molar-refractivity contribution is 5.95. The van der Waals surface area contributed by atoms with Gasteiger partial charge >= 0.3 is 0 Å². The number of H-pyrrole nitrogens is 1. The summed E-state index contributed by atoms with van der Waals surface area (Å²) >= 11 is 0. The Morgan fingerprint density at radius 2 is 2.57 bits per heavy atom. The third-order valence-electron chi connectivity index (χ3n) is 1.97. The Labute approximate surface area is 83.4 Å². The molecule has 0 saturated heterocycles. The minimum Gasteiger partial charge on any atom is -0.349 e. The van der Waals surface area contributed by atoms with Gasteiger partial charge in [0.25, 0.3) is 5.91 Å². The van der Waals surface area contributed by atoms with Crippen molar-refractivity contribution in [3.8, 4) is 0 Å². The summed E-state index contributed by atoms with van der Waals surface area (Å²) in [5, 5.41) is 9.37. The van der Waals surface area contributed by atoms with Crippen molar-refractivity contribution < 1.29 is 4.79 Å². The molecule has 0 aliphatic rings. The van der Waals surface area contributed by atoms with Gasteiger partial charge in [0, 0.05) is 11.7 Å². The van der Waals surface area contributed by atoms with Crippen LogP contribution < -0.4 is 5.32 Å². The van der Waals surface area contributed by atoms with Crippen LogP contribution in [0.2, 0.25) is 0 Å². The molecule has 1 aromatic rings. The Bertz CT molecular complexity index is 330. The van der Waals surface area contributed by atoms with Gasteiger partial charge in [0.15, 0.2) is 0 Å². The van der Waals surface area contributed by atoms with Crippen LogP contribution in [-0.2, 0) is 0 Å². The highest BCUT2D eigenvalue weighted by Crippen LogP contribution is 2.03. The summed E-state index contributed by atoms with van der Waals surface area (Å²) in [6.07, 6.45) is 4.08. The largest absolute Gasteiger partial charge is 0.349 e. The Balaban J connectivity index is 2.59. The topological polar surface area (TPSA) is 57.8 Å². The second-order valence-corrected chi connectivity index (χ2v) is 3.31. The van der Waals surface area contributed by atoms with E-state index in [1.54, 1.807) is 6.08 Å². The van der Waals surface area contributed by atoms with Crippen LogP contribution in [0, 0.1) is 6.92 Å². The Hall–Kier alpha value is -1.58. The summed E-state index contributed by atoms with van der Waals surface area (Å²) < 4.78 is 0. The molecule has 2 N–H and O–H groups in total. The molecular formula is C10H15N3O. The van der Waals surface area contributed by atoms with E-state index >= 15 is 0 Å². The molecule has 1 atom stereocenters. The van der Waals surface area contributed by atoms with Gasteiger partial charge in [-0.15, -0.1) is 6.58 Å². The predicted octanol–water partition coefficient (Wildman–Crippen LogP) is 1.41. The van der Waals surface area contributed by atoms with Crippen molar-refractivity contribution in [3.63, 3.8) is 0 Å². The number of carbonyl (C=O) groups excluding carboxylic acids is 1. The minimum absolute atomic E-state index is 0.0920. The zero-order valence-electron chi connectivity index (χ0n) is 8.50. The number of aryl methyl sites for hydroxylation is 1. The van der Waals surface area contributed by atoms with Crippen molar-refractivity contribution >= 4 is 5.91 Å². The quantitative estimate of drug-likeness (QED) is 0.710. The number of aromatic nitrogens is 2. The Kier molecular flexibility index (Phi) is 3.45. The van der Waals surface area contributed by atoms with Gasteiger partial charge in [-0.25, -0.2) is 0 Å². The first-order chi connectivity index (χ1) is 6.65. The molecule has 0 radical (unpaired) electrons. The van der Waals surface area contributed by atoms with Crippen LogP contribution >= 0.6 is 0 Å². The van der Waals surface area contributed by atoms with E-state index in [2.05, 4.69) is 22.1 Å². The van der Waals surface area contributed by atoms with Gasteiger partial charge in [0.2, 0.25) is 0 Å². The summed E-state index contributed by atoms with van der Waals surface area (Å²) in [4.78, 5) is 11.6. The van der Waals surface area contributed by atoms with Crippen LogP contribution in [0.25, 0.3) is 0 Å². The summed E-state index contributed by atoms with van der Waals surface area (Å²) in [5.74, 6) is -0.0920. The van der Waals surface area contributed by atoms with Crippen molar-refractivity contribution in [2.75, 3.05) is 0 Å². The van der Waals surface area contributed by atoms with Crippen molar-refractivity contribution in [2.24, 2.45) is 0 Å². The first kappa shape index (κ1) is 10.5. The van der Waals surface area contributed by atoms with Crippen molar-refractivity contribution in [3.05, 3.63) is 30.1 Å². The highest BCUT2D eigenvalue weighted by atomic mass is 16.1. The summed E-state index contributed by atoms with van der Waals surface area (Å²) in [6, 6.07) is 0.106. The fourth-order valence-electron chi connectivity index (χ4n) is 1.19. The number of carbonyl (C=O) groups is 1. The van der Waals surface area contributed by atoms with Crippen LogP contribution in [0.15, 0.2) is 18.9 Å². The molecule has 76 valence electrons. The number of nitrogens with zero attached hydrogens (tertiary/aromatic N) is 1. The monoisotopic (exact) mass is 193 g/mol. The minimum atomic E-state index is -0.0920. The second-order valence-electron chi connectivity index (χ2n) is 3.31. The molecule has 0 aliphatic heterocycles. The summed E-state index contributed by atoms with van der Waals surface area (Å²) in [7, 11) is 0. The third-order valence-corrected chi connectivity index (χ3v) is 1.97. The van der Waals surface area contributed by atoms with E-state index < -0.39 is 0 Å². The fraction of sp³-hybridized carbons (Fsp3) is 0.400. The van der Waals surface area contributed by atoms with E-state index in [0.29, 0.717) is 5.56 Å². The van der Waals surface area contributed by atoms with Crippen molar-refractivity contribution in [2.45, 2.75) is 26.3 Å². The SMILES string of the molecule is C=CCC(C)NC(=O)c1cn[nH]c1C. The van der Waals surface area contributed by atoms with Crippen LogP contribution in [0.3, 0.4) is 0 Å². The molecule has 14 heavy (non-hydrogen) atoms. The molecule has 1 unspecified atom stereocenters. The summed E-state index contributed by atoms with van der Waals surface area (Å²) in [6.45, 7) is 7.38. The first-order valence-corrected chi connectivity index (χ1v) is 4.57. The van der Waals surface area contributed by atoms with Gasteiger partial charge < -0.3 is 5.32 Å². The zero-order chi connectivity index (χ0) is 10.6.